The SMILES string of the molecule is CCNC(=O)CN(CC)C(=O)NC(C(=O)O)c1cccs1. The van der Waals surface area contributed by atoms with Crippen LogP contribution in [0, 0.1) is 0 Å². The van der Waals surface area contributed by atoms with Gasteiger partial charge in [0.1, 0.15) is 6.54 Å². The average Bonchev–Trinajstić information content (AvgIpc) is 2.95. The molecule has 0 aliphatic rings. The highest BCUT2D eigenvalue weighted by molar-refractivity contribution is 7.10. The molecule has 3 amide bonds. The van der Waals surface area contributed by atoms with Crippen molar-refractivity contribution in [1.29, 1.82) is 0 Å². The van der Waals surface area contributed by atoms with Crippen LogP contribution in [-0.2, 0) is 9.59 Å². The number of nitrogens with zero attached hydrogens (tertiary/aromatic N) is 1. The van der Waals surface area contributed by atoms with Crippen LogP contribution >= 0.6 is 11.3 Å². The molecule has 0 bridgehead atoms. The standard InChI is InChI=1S/C13H19N3O4S/c1-3-14-10(17)8-16(4-2)13(20)15-11(12(18)19)9-6-5-7-21-9/h5-7,11H,3-4,8H2,1-2H3,(H,14,17)(H,15,20)(H,18,19). The molecule has 0 aliphatic carbocycles. The quantitative estimate of drug-likeness (QED) is 0.700. The Balaban J connectivity index is 2.71. The maximum absolute atomic E-state index is 12.1. The van der Waals surface area contributed by atoms with Gasteiger partial charge in [-0.3, -0.25) is 4.79 Å². The van der Waals surface area contributed by atoms with Crippen molar-refractivity contribution in [3.63, 3.8) is 0 Å². The molecule has 0 radical (unpaired) electrons. The van der Waals surface area contributed by atoms with Crippen LogP contribution in [0.4, 0.5) is 4.79 Å². The Bertz CT molecular complexity index is 490. The van der Waals surface area contributed by atoms with E-state index in [1.165, 1.54) is 16.2 Å². The monoisotopic (exact) mass is 313 g/mol. The van der Waals surface area contributed by atoms with Gasteiger partial charge in [-0.25, -0.2) is 9.59 Å². The zero-order chi connectivity index (χ0) is 15.8. The van der Waals surface area contributed by atoms with Gasteiger partial charge < -0.3 is 20.6 Å². The second kappa shape index (κ2) is 8.25. The highest BCUT2D eigenvalue weighted by Gasteiger charge is 2.25. The first-order chi connectivity index (χ1) is 9.99. The molecule has 1 aromatic rings. The molecular weight excluding hydrogens is 294 g/mol. The fourth-order valence-corrected chi connectivity index (χ4v) is 2.45. The maximum Gasteiger partial charge on any atom is 0.331 e. The summed E-state index contributed by atoms with van der Waals surface area (Å²) < 4.78 is 0. The number of hydrogen-bond donors (Lipinski definition) is 3. The number of carbonyl (C=O) groups is 3. The number of carboxylic acids is 1. The normalized spacial score (nSPS) is 11.5. The Morgan fingerprint density at radius 1 is 1.38 bits per heavy atom. The molecule has 0 saturated heterocycles. The number of amides is 3. The van der Waals surface area contributed by atoms with Gasteiger partial charge in [0.25, 0.3) is 0 Å². The minimum atomic E-state index is -1.14. The minimum Gasteiger partial charge on any atom is -0.479 e. The van der Waals surface area contributed by atoms with Gasteiger partial charge in [-0.05, 0) is 25.3 Å². The molecule has 0 fully saturated rings. The summed E-state index contributed by atoms with van der Waals surface area (Å²) in [5.41, 5.74) is 0. The highest BCUT2D eigenvalue weighted by Crippen LogP contribution is 2.19. The molecule has 0 spiro atoms. The number of thiophene rings is 1. The largest absolute Gasteiger partial charge is 0.479 e. The predicted octanol–water partition coefficient (Wildman–Crippen LogP) is 1.04. The summed E-state index contributed by atoms with van der Waals surface area (Å²) in [5, 5.41) is 16.0. The van der Waals surface area contributed by atoms with Gasteiger partial charge in [0.15, 0.2) is 6.04 Å². The molecule has 1 rings (SSSR count). The molecule has 21 heavy (non-hydrogen) atoms. The Morgan fingerprint density at radius 3 is 2.57 bits per heavy atom. The molecule has 0 aliphatic heterocycles. The highest BCUT2D eigenvalue weighted by atomic mass is 32.1. The molecule has 1 unspecified atom stereocenters. The minimum absolute atomic E-state index is 0.104. The van der Waals surface area contributed by atoms with Crippen molar-refractivity contribution < 1.29 is 19.5 Å². The van der Waals surface area contributed by atoms with E-state index in [0.717, 1.165) is 0 Å². The predicted molar refractivity (Wildman–Crippen MR) is 79.2 cm³/mol. The first-order valence-electron chi connectivity index (χ1n) is 6.57. The number of hydrogen-bond acceptors (Lipinski definition) is 4. The second-order valence-electron chi connectivity index (χ2n) is 4.20. The van der Waals surface area contributed by atoms with Crippen LogP contribution in [0.5, 0.6) is 0 Å². The first kappa shape index (κ1) is 17.0. The van der Waals surface area contributed by atoms with E-state index in [-0.39, 0.29) is 12.5 Å². The Hall–Kier alpha value is -2.09. The summed E-state index contributed by atoms with van der Waals surface area (Å²) in [5.74, 6) is -1.42. The molecule has 7 nitrogen and oxygen atoms in total. The number of likely N-dealkylation sites (N-methyl/N-ethyl adjacent to an activating group) is 2. The molecular formula is C13H19N3O4S. The Morgan fingerprint density at radius 2 is 2.10 bits per heavy atom. The molecule has 1 atom stereocenters. The van der Waals surface area contributed by atoms with Gasteiger partial charge in [-0.15, -0.1) is 11.3 Å². The lowest BCUT2D eigenvalue weighted by Crippen LogP contribution is -2.47. The van der Waals surface area contributed by atoms with Gasteiger partial charge in [0.05, 0.1) is 0 Å². The number of carboxylic acid groups (broad SMARTS) is 1. The summed E-state index contributed by atoms with van der Waals surface area (Å²) in [6.45, 7) is 4.18. The molecule has 0 aromatic carbocycles. The number of urea groups is 1. The van der Waals surface area contributed by atoms with E-state index in [1.807, 2.05) is 0 Å². The van der Waals surface area contributed by atoms with E-state index in [1.54, 1.807) is 31.4 Å². The van der Waals surface area contributed by atoms with Gasteiger partial charge in [0, 0.05) is 18.0 Å². The topological polar surface area (TPSA) is 98.7 Å². The first-order valence-corrected chi connectivity index (χ1v) is 7.45. The number of carbonyl (C=O) groups excluding carboxylic acids is 2. The summed E-state index contributed by atoms with van der Waals surface area (Å²) in [7, 11) is 0. The van der Waals surface area contributed by atoms with Gasteiger partial charge in [-0.2, -0.15) is 0 Å². The number of nitrogens with one attached hydrogen (secondary N) is 2. The van der Waals surface area contributed by atoms with Crippen LogP contribution in [0.15, 0.2) is 17.5 Å². The fraction of sp³-hybridized carbons (Fsp3) is 0.462. The summed E-state index contributed by atoms with van der Waals surface area (Å²) in [6, 6.07) is 1.67. The second-order valence-corrected chi connectivity index (χ2v) is 5.18. The lowest BCUT2D eigenvalue weighted by Gasteiger charge is -2.23. The summed E-state index contributed by atoms with van der Waals surface area (Å²) >= 11 is 1.25. The van der Waals surface area contributed by atoms with E-state index >= 15 is 0 Å². The molecule has 116 valence electrons. The third kappa shape index (κ3) is 5.07. The summed E-state index contributed by atoms with van der Waals surface area (Å²) in [6.07, 6.45) is 0. The van der Waals surface area contributed by atoms with Gasteiger partial charge in [0.2, 0.25) is 5.91 Å². The van der Waals surface area contributed by atoms with Crippen molar-refractivity contribution >= 4 is 29.2 Å². The lowest BCUT2D eigenvalue weighted by molar-refractivity contribution is -0.139. The molecule has 1 heterocycles. The molecule has 8 heteroatoms. The van der Waals surface area contributed by atoms with Crippen molar-refractivity contribution in [2.75, 3.05) is 19.6 Å². The smallest absolute Gasteiger partial charge is 0.331 e. The summed E-state index contributed by atoms with van der Waals surface area (Å²) in [4.78, 5) is 36.7. The maximum atomic E-state index is 12.1. The third-order valence-electron chi connectivity index (χ3n) is 2.72. The van der Waals surface area contributed by atoms with E-state index < -0.39 is 18.0 Å². The van der Waals surface area contributed by atoms with Crippen molar-refractivity contribution in [1.82, 2.24) is 15.5 Å². The van der Waals surface area contributed by atoms with Crippen LogP contribution in [0.2, 0.25) is 0 Å². The Labute approximate surface area is 126 Å². The van der Waals surface area contributed by atoms with E-state index in [0.29, 0.717) is 18.0 Å². The van der Waals surface area contributed by atoms with Crippen molar-refractivity contribution in [3.05, 3.63) is 22.4 Å². The molecule has 3 N–H and O–H groups in total. The van der Waals surface area contributed by atoms with Crippen LogP contribution in [0.3, 0.4) is 0 Å². The average molecular weight is 313 g/mol. The van der Waals surface area contributed by atoms with Gasteiger partial charge >= 0.3 is 12.0 Å². The van der Waals surface area contributed by atoms with Crippen LogP contribution in [-0.4, -0.2) is 47.5 Å². The van der Waals surface area contributed by atoms with Crippen molar-refractivity contribution in [2.24, 2.45) is 0 Å². The van der Waals surface area contributed by atoms with Crippen LogP contribution < -0.4 is 10.6 Å². The zero-order valence-corrected chi connectivity index (χ0v) is 12.8. The van der Waals surface area contributed by atoms with Gasteiger partial charge in [-0.1, -0.05) is 6.07 Å². The fourth-order valence-electron chi connectivity index (χ4n) is 1.68. The van der Waals surface area contributed by atoms with E-state index in [9.17, 15) is 19.5 Å². The van der Waals surface area contributed by atoms with Crippen molar-refractivity contribution in [3.8, 4) is 0 Å². The zero-order valence-electron chi connectivity index (χ0n) is 12.0. The number of rotatable bonds is 7. The lowest BCUT2D eigenvalue weighted by atomic mass is 10.2. The van der Waals surface area contributed by atoms with Crippen molar-refractivity contribution in [2.45, 2.75) is 19.9 Å². The van der Waals surface area contributed by atoms with E-state index in [4.69, 9.17) is 0 Å². The van der Waals surface area contributed by atoms with Crippen LogP contribution in [0.25, 0.3) is 0 Å². The molecule has 0 saturated carbocycles. The Kier molecular flexibility index (Phi) is 6.67. The van der Waals surface area contributed by atoms with Crippen LogP contribution in [0.1, 0.15) is 24.8 Å². The molecule has 1 aromatic heterocycles. The third-order valence-corrected chi connectivity index (χ3v) is 3.66. The number of aliphatic carboxylic acids is 1. The van der Waals surface area contributed by atoms with E-state index in [2.05, 4.69) is 10.6 Å².